The van der Waals surface area contributed by atoms with E-state index in [1.165, 1.54) is 5.56 Å². The van der Waals surface area contributed by atoms with Gasteiger partial charge in [-0.1, -0.05) is 12.8 Å². The monoisotopic (exact) mass is 284 g/mol. The largest absolute Gasteiger partial charge is 0.341 e. The number of aromatic nitrogens is 2. The van der Waals surface area contributed by atoms with Crippen molar-refractivity contribution in [3.63, 3.8) is 0 Å². The fourth-order valence-corrected chi connectivity index (χ4v) is 3.55. The highest BCUT2D eigenvalue weighted by Crippen LogP contribution is 2.39. The standard InChI is InChI=1S/C16H20N4O/c1-12-13-4-8-20(9-5-14(13)19-11-18-12)15(21)16(10-17)6-2-3-7-16/h11H,2-9H2,1H3. The zero-order valence-corrected chi connectivity index (χ0v) is 12.4. The quantitative estimate of drug-likeness (QED) is 0.788. The van der Waals surface area contributed by atoms with Crippen LogP contribution in [0.3, 0.4) is 0 Å². The van der Waals surface area contributed by atoms with Crippen molar-refractivity contribution in [2.24, 2.45) is 5.41 Å². The molecule has 0 bridgehead atoms. The van der Waals surface area contributed by atoms with Crippen LogP contribution in [-0.4, -0.2) is 33.9 Å². The summed E-state index contributed by atoms with van der Waals surface area (Å²) in [5.74, 6) is 0.0286. The van der Waals surface area contributed by atoms with Crippen molar-refractivity contribution in [2.75, 3.05) is 13.1 Å². The van der Waals surface area contributed by atoms with Crippen LogP contribution in [0.2, 0.25) is 0 Å². The van der Waals surface area contributed by atoms with Gasteiger partial charge in [-0.3, -0.25) is 4.79 Å². The lowest BCUT2D eigenvalue weighted by Gasteiger charge is -2.28. The topological polar surface area (TPSA) is 69.9 Å². The maximum absolute atomic E-state index is 12.8. The Bertz CT molecular complexity index is 599. The Morgan fingerprint density at radius 3 is 2.71 bits per heavy atom. The molecule has 0 N–H and O–H groups in total. The van der Waals surface area contributed by atoms with E-state index in [0.29, 0.717) is 25.9 Å². The Kier molecular flexibility index (Phi) is 3.62. The van der Waals surface area contributed by atoms with Crippen molar-refractivity contribution in [2.45, 2.75) is 45.4 Å². The fourth-order valence-electron chi connectivity index (χ4n) is 3.55. The number of hydrogen-bond acceptors (Lipinski definition) is 4. The molecular formula is C16H20N4O. The summed E-state index contributed by atoms with van der Waals surface area (Å²) in [6.07, 6.45) is 6.53. The highest BCUT2D eigenvalue weighted by Gasteiger charge is 2.44. The van der Waals surface area contributed by atoms with E-state index in [0.717, 1.165) is 37.1 Å². The van der Waals surface area contributed by atoms with Gasteiger partial charge < -0.3 is 4.90 Å². The number of aryl methyl sites for hydroxylation is 1. The van der Waals surface area contributed by atoms with Gasteiger partial charge in [0.1, 0.15) is 11.7 Å². The van der Waals surface area contributed by atoms with Gasteiger partial charge in [-0.15, -0.1) is 0 Å². The number of amides is 1. The first-order valence-corrected chi connectivity index (χ1v) is 7.66. The van der Waals surface area contributed by atoms with Gasteiger partial charge >= 0.3 is 0 Å². The number of hydrogen-bond donors (Lipinski definition) is 0. The summed E-state index contributed by atoms with van der Waals surface area (Å²) in [5.41, 5.74) is 2.46. The van der Waals surface area contributed by atoms with Crippen LogP contribution in [0.25, 0.3) is 0 Å². The van der Waals surface area contributed by atoms with E-state index in [1.54, 1.807) is 6.33 Å². The predicted octanol–water partition coefficient (Wildman–Crippen LogP) is 1.80. The maximum atomic E-state index is 12.8. The molecule has 1 aromatic heterocycles. The zero-order chi connectivity index (χ0) is 14.9. The highest BCUT2D eigenvalue weighted by molar-refractivity contribution is 5.86. The summed E-state index contributed by atoms with van der Waals surface area (Å²) in [6.45, 7) is 3.32. The molecule has 1 saturated carbocycles. The van der Waals surface area contributed by atoms with Gasteiger partial charge in [0.25, 0.3) is 0 Å². The first-order valence-electron chi connectivity index (χ1n) is 7.66. The SMILES string of the molecule is Cc1ncnc2c1CCN(C(=O)C1(C#N)CCCC1)CC2. The molecule has 21 heavy (non-hydrogen) atoms. The van der Waals surface area contributed by atoms with Gasteiger partial charge in [0.05, 0.1) is 6.07 Å². The Labute approximate surface area is 125 Å². The molecule has 5 heteroatoms. The molecule has 1 fully saturated rings. The summed E-state index contributed by atoms with van der Waals surface area (Å²) >= 11 is 0. The molecule has 0 radical (unpaired) electrons. The molecule has 1 aliphatic heterocycles. The molecule has 3 rings (SSSR count). The van der Waals surface area contributed by atoms with E-state index in [4.69, 9.17) is 0 Å². The van der Waals surface area contributed by atoms with Gasteiger partial charge in [-0.2, -0.15) is 5.26 Å². The van der Waals surface area contributed by atoms with Crippen LogP contribution in [0.1, 0.15) is 42.6 Å². The van der Waals surface area contributed by atoms with Crippen LogP contribution < -0.4 is 0 Å². The summed E-state index contributed by atoms with van der Waals surface area (Å²) < 4.78 is 0. The molecule has 1 aromatic rings. The zero-order valence-electron chi connectivity index (χ0n) is 12.4. The minimum atomic E-state index is -0.767. The molecule has 0 saturated heterocycles. The van der Waals surface area contributed by atoms with Crippen LogP contribution >= 0.6 is 0 Å². The molecule has 5 nitrogen and oxygen atoms in total. The van der Waals surface area contributed by atoms with Gasteiger partial charge in [-0.05, 0) is 31.7 Å². The highest BCUT2D eigenvalue weighted by atomic mass is 16.2. The Balaban J connectivity index is 1.80. The predicted molar refractivity (Wildman–Crippen MR) is 77.3 cm³/mol. The van der Waals surface area contributed by atoms with E-state index in [1.807, 2.05) is 11.8 Å². The normalized spacial score (nSPS) is 20.5. The van der Waals surface area contributed by atoms with E-state index in [-0.39, 0.29) is 5.91 Å². The summed E-state index contributed by atoms with van der Waals surface area (Å²) in [4.78, 5) is 23.3. The minimum absolute atomic E-state index is 0.0286. The lowest BCUT2D eigenvalue weighted by molar-refractivity contribution is -0.138. The first-order chi connectivity index (χ1) is 10.2. The number of carbonyl (C=O) groups excluding carboxylic acids is 1. The number of nitriles is 1. The Hall–Kier alpha value is -1.96. The van der Waals surface area contributed by atoms with Gasteiger partial charge in [0.2, 0.25) is 5.91 Å². The van der Waals surface area contributed by atoms with Gasteiger partial charge in [0.15, 0.2) is 0 Å². The van der Waals surface area contributed by atoms with Gasteiger partial charge in [0, 0.05) is 30.9 Å². The molecule has 110 valence electrons. The Morgan fingerprint density at radius 2 is 2.00 bits per heavy atom. The lowest BCUT2D eigenvalue weighted by atomic mass is 9.86. The average molecular weight is 284 g/mol. The van der Waals surface area contributed by atoms with Crippen molar-refractivity contribution in [1.82, 2.24) is 14.9 Å². The van der Waals surface area contributed by atoms with Crippen LogP contribution in [0, 0.1) is 23.7 Å². The van der Waals surface area contributed by atoms with Crippen LogP contribution in [-0.2, 0) is 17.6 Å². The van der Waals surface area contributed by atoms with E-state index < -0.39 is 5.41 Å². The number of nitrogens with zero attached hydrogens (tertiary/aromatic N) is 4. The summed E-state index contributed by atoms with van der Waals surface area (Å²) in [5, 5.41) is 9.49. The molecule has 0 atom stereocenters. The smallest absolute Gasteiger partial charge is 0.243 e. The number of rotatable bonds is 1. The van der Waals surface area contributed by atoms with E-state index in [9.17, 15) is 10.1 Å². The third-order valence-electron chi connectivity index (χ3n) is 4.87. The molecular weight excluding hydrogens is 264 g/mol. The van der Waals surface area contributed by atoms with E-state index >= 15 is 0 Å². The van der Waals surface area contributed by atoms with Crippen LogP contribution in [0.15, 0.2) is 6.33 Å². The minimum Gasteiger partial charge on any atom is -0.341 e. The third-order valence-corrected chi connectivity index (χ3v) is 4.87. The van der Waals surface area contributed by atoms with Crippen molar-refractivity contribution in [1.29, 1.82) is 5.26 Å². The second kappa shape index (κ2) is 5.44. The molecule has 1 aliphatic carbocycles. The second-order valence-electron chi connectivity index (χ2n) is 6.08. The number of carbonyl (C=O) groups is 1. The number of fused-ring (bicyclic) bond motifs is 1. The molecule has 2 heterocycles. The van der Waals surface area contributed by atoms with Crippen molar-refractivity contribution >= 4 is 5.91 Å². The van der Waals surface area contributed by atoms with E-state index in [2.05, 4.69) is 16.0 Å². The van der Waals surface area contributed by atoms with Gasteiger partial charge in [-0.25, -0.2) is 9.97 Å². The fraction of sp³-hybridized carbons (Fsp3) is 0.625. The molecule has 2 aliphatic rings. The first kappa shape index (κ1) is 14.0. The molecule has 0 spiro atoms. The summed E-state index contributed by atoms with van der Waals surface area (Å²) in [7, 11) is 0. The molecule has 1 amide bonds. The van der Waals surface area contributed by atoms with Crippen molar-refractivity contribution in [3.8, 4) is 6.07 Å². The summed E-state index contributed by atoms with van der Waals surface area (Å²) in [6, 6.07) is 2.31. The molecule has 0 aromatic carbocycles. The second-order valence-corrected chi connectivity index (χ2v) is 6.08. The van der Waals surface area contributed by atoms with Crippen molar-refractivity contribution in [3.05, 3.63) is 23.3 Å². The lowest BCUT2D eigenvalue weighted by Crippen LogP contribution is -2.43. The van der Waals surface area contributed by atoms with Crippen molar-refractivity contribution < 1.29 is 4.79 Å². The average Bonchev–Trinajstić information content (AvgIpc) is 2.88. The Morgan fingerprint density at radius 1 is 1.29 bits per heavy atom. The third kappa shape index (κ3) is 2.39. The molecule has 0 unspecified atom stereocenters. The van der Waals surface area contributed by atoms with Crippen LogP contribution in [0.5, 0.6) is 0 Å². The maximum Gasteiger partial charge on any atom is 0.243 e. The van der Waals surface area contributed by atoms with Crippen LogP contribution in [0.4, 0.5) is 0 Å².